The molecule has 7 heteroatoms. The fraction of sp³-hybridized carbons (Fsp3) is 0. The molecule has 0 aromatic carbocycles. The van der Waals surface area contributed by atoms with Gasteiger partial charge in [0.1, 0.15) is 5.82 Å². The number of hydrogen-bond donors (Lipinski definition) is 2. The molecule has 0 spiro atoms. The number of nitrogens with zero attached hydrogens (tertiary/aromatic N) is 3. The summed E-state index contributed by atoms with van der Waals surface area (Å²) in [5, 5.41) is 9.85. The van der Waals surface area contributed by atoms with Crippen molar-refractivity contribution < 1.29 is 4.79 Å². The Kier molecular flexibility index (Phi) is 3.29. The van der Waals surface area contributed by atoms with Crippen LogP contribution in [0.1, 0.15) is 10.4 Å². The van der Waals surface area contributed by atoms with Gasteiger partial charge in [-0.25, -0.2) is 4.98 Å². The molecule has 0 bridgehead atoms. The van der Waals surface area contributed by atoms with E-state index in [0.29, 0.717) is 21.5 Å². The normalized spacial score (nSPS) is 9.94. The number of rotatable bonds is 2. The van der Waals surface area contributed by atoms with Gasteiger partial charge in [-0.05, 0) is 28.1 Å². The van der Waals surface area contributed by atoms with Gasteiger partial charge < -0.3 is 11.1 Å². The number of amides is 1. The minimum atomic E-state index is -0.308. The van der Waals surface area contributed by atoms with E-state index in [-0.39, 0.29) is 5.91 Å². The molecule has 0 unspecified atom stereocenters. The summed E-state index contributed by atoms with van der Waals surface area (Å²) in [5.41, 5.74) is 6.47. The molecule has 0 aliphatic rings. The van der Waals surface area contributed by atoms with Crippen LogP contribution in [0, 0.1) is 0 Å². The van der Waals surface area contributed by atoms with Gasteiger partial charge in [0, 0.05) is 0 Å². The van der Waals surface area contributed by atoms with E-state index in [1.54, 1.807) is 12.1 Å². The molecule has 3 N–H and O–H groups in total. The molecule has 2 aromatic rings. The van der Waals surface area contributed by atoms with Crippen LogP contribution in [0.4, 0.5) is 11.5 Å². The Morgan fingerprint density at radius 2 is 2.18 bits per heavy atom. The van der Waals surface area contributed by atoms with Gasteiger partial charge >= 0.3 is 0 Å². The lowest BCUT2D eigenvalue weighted by molar-refractivity contribution is 0.102. The summed E-state index contributed by atoms with van der Waals surface area (Å²) in [7, 11) is 0. The summed E-state index contributed by atoms with van der Waals surface area (Å²) in [6.07, 6.45) is 4.28. The number of carbonyl (C=O) groups excluding carboxylic acids is 1. The average molecular weight is 294 g/mol. The van der Waals surface area contributed by atoms with Gasteiger partial charge in [0.15, 0.2) is 0 Å². The van der Waals surface area contributed by atoms with E-state index in [4.69, 9.17) is 5.73 Å². The third-order valence-corrected chi connectivity index (χ3v) is 2.55. The zero-order chi connectivity index (χ0) is 12.3. The van der Waals surface area contributed by atoms with E-state index >= 15 is 0 Å². The number of anilines is 2. The zero-order valence-electron chi connectivity index (χ0n) is 8.59. The minimum Gasteiger partial charge on any atom is -0.397 e. The molecular weight excluding hydrogens is 286 g/mol. The van der Waals surface area contributed by atoms with Gasteiger partial charge in [-0.2, -0.15) is 10.2 Å². The van der Waals surface area contributed by atoms with Crippen molar-refractivity contribution in [1.82, 2.24) is 15.2 Å². The summed E-state index contributed by atoms with van der Waals surface area (Å²) in [6, 6.07) is 3.22. The van der Waals surface area contributed by atoms with Gasteiger partial charge in [0.05, 0.1) is 34.3 Å². The number of pyridine rings is 1. The van der Waals surface area contributed by atoms with Crippen LogP contribution in [0.2, 0.25) is 0 Å². The van der Waals surface area contributed by atoms with E-state index in [9.17, 15) is 4.79 Å². The molecule has 0 aliphatic carbocycles. The third kappa shape index (κ3) is 2.76. The van der Waals surface area contributed by atoms with Crippen LogP contribution in [-0.4, -0.2) is 21.1 Å². The van der Waals surface area contributed by atoms with E-state index in [0.717, 1.165) is 0 Å². The van der Waals surface area contributed by atoms with Crippen molar-refractivity contribution in [2.45, 2.75) is 0 Å². The van der Waals surface area contributed by atoms with Crippen molar-refractivity contribution in [3.8, 4) is 0 Å². The van der Waals surface area contributed by atoms with Crippen molar-refractivity contribution in [3.63, 3.8) is 0 Å². The molecule has 0 radical (unpaired) electrons. The van der Waals surface area contributed by atoms with E-state index in [1.807, 2.05) is 0 Å². The number of hydrogen-bond acceptors (Lipinski definition) is 5. The second kappa shape index (κ2) is 4.88. The van der Waals surface area contributed by atoms with Crippen molar-refractivity contribution in [2.24, 2.45) is 0 Å². The largest absolute Gasteiger partial charge is 0.397 e. The molecule has 86 valence electrons. The van der Waals surface area contributed by atoms with Crippen LogP contribution in [0.5, 0.6) is 0 Å². The number of aromatic nitrogens is 3. The number of nitrogens with one attached hydrogen (secondary N) is 1. The maximum absolute atomic E-state index is 11.8. The summed E-state index contributed by atoms with van der Waals surface area (Å²) in [6.45, 7) is 0. The molecule has 2 heterocycles. The first-order chi connectivity index (χ1) is 8.16. The first-order valence-corrected chi connectivity index (χ1v) is 5.45. The quantitative estimate of drug-likeness (QED) is 0.874. The molecule has 0 atom stereocenters. The van der Waals surface area contributed by atoms with Gasteiger partial charge in [-0.15, -0.1) is 0 Å². The van der Waals surface area contributed by atoms with Gasteiger partial charge in [-0.1, -0.05) is 0 Å². The maximum Gasteiger partial charge on any atom is 0.258 e. The fourth-order valence-corrected chi connectivity index (χ4v) is 1.62. The predicted molar refractivity (Wildman–Crippen MR) is 66.3 cm³/mol. The van der Waals surface area contributed by atoms with E-state index in [1.165, 1.54) is 18.6 Å². The highest BCUT2D eigenvalue weighted by Crippen LogP contribution is 2.22. The summed E-state index contributed by atoms with van der Waals surface area (Å²) < 4.78 is 0.618. The van der Waals surface area contributed by atoms with E-state index < -0.39 is 0 Å². The lowest BCUT2D eigenvalue weighted by Gasteiger charge is -2.06. The molecular formula is C10H8BrN5O. The molecule has 0 aliphatic heterocycles. The smallest absolute Gasteiger partial charge is 0.258 e. The fourth-order valence-electron chi connectivity index (χ4n) is 1.15. The van der Waals surface area contributed by atoms with Gasteiger partial charge in [0.25, 0.3) is 5.91 Å². The number of halogens is 1. The van der Waals surface area contributed by atoms with Crippen LogP contribution in [0.25, 0.3) is 0 Å². The number of nitrogens with two attached hydrogens (primary N) is 1. The number of carbonyl (C=O) groups is 1. The van der Waals surface area contributed by atoms with Crippen molar-refractivity contribution in [3.05, 3.63) is 40.8 Å². The Bertz CT molecular complexity index is 546. The van der Waals surface area contributed by atoms with Gasteiger partial charge in [-0.3, -0.25) is 4.79 Å². The maximum atomic E-state index is 11.8. The number of nitrogen functional groups attached to an aromatic ring is 1. The average Bonchev–Trinajstić information content (AvgIpc) is 2.34. The second-order valence-corrected chi connectivity index (χ2v) is 4.04. The molecule has 17 heavy (non-hydrogen) atoms. The Hall–Kier alpha value is -2.02. The van der Waals surface area contributed by atoms with Crippen LogP contribution in [0.3, 0.4) is 0 Å². The van der Waals surface area contributed by atoms with E-state index in [2.05, 4.69) is 36.4 Å². The molecule has 1 amide bonds. The molecule has 6 nitrogen and oxygen atoms in total. The Morgan fingerprint density at radius 3 is 2.82 bits per heavy atom. The van der Waals surface area contributed by atoms with Crippen molar-refractivity contribution in [2.75, 3.05) is 11.1 Å². The molecule has 2 aromatic heterocycles. The lowest BCUT2D eigenvalue weighted by atomic mass is 10.3. The first-order valence-electron chi connectivity index (χ1n) is 4.66. The molecule has 0 fully saturated rings. The molecule has 0 saturated carbocycles. The predicted octanol–water partition coefficient (Wildman–Crippen LogP) is 1.47. The summed E-state index contributed by atoms with van der Waals surface area (Å²) in [4.78, 5) is 15.8. The lowest BCUT2D eigenvalue weighted by Crippen LogP contribution is -2.13. The van der Waals surface area contributed by atoms with Crippen LogP contribution < -0.4 is 11.1 Å². The van der Waals surface area contributed by atoms with Crippen molar-refractivity contribution in [1.29, 1.82) is 0 Å². The summed E-state index contributed by atoms with van der Waals surface area (Å²) in [5.74, 6) is 0.0962. The Morgan fingerprint density at radius 1 is 1.35 bits per heavy atom. The van der Waals surface area contributed by atoms with Crippen LogP contribution in [0.15, 0.2) is 35.2 Å². The third-order valence-electron chi connectivity index (χ3n) is 1.94. The molecule has 2 rings (SSSR count). The Balaban J connectivity index is 2.19. The second-order valence-electron chi connectivity index (χ2n) is 3.18. The minimum absolute atomic E-state index is 0.308. The van der Waals surface area contributed by atoms with Gasteiger partial charge in [0.2, 0.25) is 0 Å². The first kappa shape index (κ1) is 11.5. The summed E-state index contributed by atoms with van der Waals surface area (Å²) >= 11 is 3.26. The zero-order valence-corrected chi connectivity index (χ0v) is 10.2. The highest BCUT2D eigenvalue weighted by atomic mass is 79.9. The Labute approximate surface area is 105 Å². The van der Waals surface area contributed by atoms with Crippen LogP contribution >= 0.6 is 15.9 Å². The highest BCUT2D eigenvalue weighted by Gasteiger charge is 2.09. The monoisotopic (exact) mass is 293 g/mol. The van der Waals surface area contributed by atoms with Crippen molar-refractivity contribution >= 4 is 33.3 Å². The standard InChI is InChI=1S/C10H8BrN5O/c11-8-3-7(12)5-13-9(8)16-10(17)6-1-2-14-15-4-6/h1-5H,12H2,(H,13,16,17). The molecule has 0 saturated heterocycles. The van der Waals surface area contributed by atoms with Crippen LogP contribution in [-0.2, 0) is 0 Å². The SMILES string of the molecule is Nc1cnc(NC(=O)c2ccnnc2)c(Br)c1. The topological polar surface area (TPSA) is 93.8 Å². The highest BCUT2D eigenvalue weighted by molar-refractivity contribution is 9.10.